The van der Waals surface area contributed by atoms with Gasteiger partial charge in [0.05, 0.1) is 11.2 Å². The minimum absolute atomic E-state index is 0.00723. The summed E-state index contributed by atoms with van der Waals surface area (Å²) in [5.41, 5.74) is 4.45. The molecule has 0 unspecified atom stereocenters. The van der Waals surface area contributed by atoms with Gasteiger partial charge < -0.3 is 4.98 Å². The van der Waals surface area contributed by atoms with Crippen molar-refractivity contribution in [2.24, 2.45) is 0 Å². The van der Waals surface area contributed by atoms with Crippen LogP contribution in [-0.2, 0) is 16.3 Å². The lowest BCUT2D eigenvalue weighted by Gasteiger charge is -2.05. The summed E-state index contributed by atoms with van der Waals surface area (Å²) in [5.74, 6) is -0.336. The number of aromatic amines is 1. The molecule has 0 saturated heterocycles. The average molecular weight is 387 g/mol. The molecule has 1 aromatic carbocycles. The molecule has 132 valence electrons. The number of pyridine rings is 1. The zero-order chi connectivity index (χ0) is 18.3. The molecule has 0 atom stereocenters. The van der Waals surface area contributed by atoms with Crippen LogP contribution in [0, 0.1) is 12.7 Å². The van der Waals surface area contributed by atoms with E-state index in [1.807, 2.05) is 6.92 Å². The van der Waals surface area contributed by atoms with Crippen LogP contribution in [0.4, 0.5) is 4.39 Å². The summed E-state index contributed by atoms with van der Waals surface area (Å²) in [7, 11) is -3.74. The number of nitrogens with zero attached hydrogens (tertiary/aromatic N) is 2. The van der Waals surface area contributed by atoms with Crippen LogP contribution in [0.2, 0.25) is 0 Å². The average Bonchev–Trinajstić information content (AvgIpc) is 3.22. The fourth-order valence-electron chi connectivity index (χ4n) is 2.95. The van der Waals surface area contributed by atoms with E-state index >= 15 is 0 Å². The van der Waals surface area contributed by atoms with Gasteiger partial charge in [-0.2, -0.15) is 0 Å². The predicted octanol–water partition coefficient (Wildman–Crippen LogP) is 3.89. The Kier molecular flexibility index (Phi) is 4.08. The zero-order valence-electron chi connectivity index (χ0n) is 13.7. The molecule has 3 heterocycles. The maximum atomic E-state index is 13.7. The van der Waals surface area contributed by atoms with E-state index in [2.05, 4.69) is 15.0 Å². The van der Waals surface area contributed by atoms with Crippen molar-refractivity contribution in [3.05, 3.63) is 70.9 Å². The van der Waals surface area contributed by atoms with Crippen molar-refractivity contribution >= 4 is 32.1 Å². The largest absolute Gasteiger partial charge is 0.358 e. The molecule has 0 aliphatic rings. The third-order valence-corrected chi connectivity index (χ3v) is 7.31. The summed E-state index contributed by atoms with van der Waals surface area (Å²) in [5, 5.41) is 0.726. The molecule has 0 amide bonds. The molecule has 5 nitrogen and oxygen atoms in total. The topological polar surface area (TPSA) is 75.7 Å². The highest BCUT2D eigenvalue weighted by Crippen LogP contribution is 2.31. The third-order valence-electron chi connectivity index (χ3n) is 4.19. The first-order valence-corrected chi connectivity index (χ1v) is 10.2. The van der Waals surface area contributed by atoms with Gasteiger partial charge in [0.25, 0.3) is 0 Å². The number of hydrogen-bond donors (Lipinski definition) is 1. The molecule has 0 bridgehead atoms. The maximum absolute atomic E-state index is 13.7. The summed E-state index contributed by atoms with van der Waals surface area (Å²) in [6, 6.07) is 9.28. The molecule has 8 heteroatoms. The first-order chi connectivity index (χ1) is 12.5. The Labute approximate surface area is 153 Å². The van der Waals surface area contributed by atoms with Crippen LogP contribution in [0.5, 0.6) is 0 Å². The van der Waals surface area contributed by atoms with Crippen molar-refractivity contribution in [1.29, 1.82) is 0 Å². The molecular formula is C18H14FN3O2S2. The Morgan fingerprint density at radius 1 is 1.19 bits per heavy atom. The fourth-order valence-corrected chi connectivity index (χ4v) is 5.46. The van der Waals surface area contributed by atoms with Gasteiger partial charge in [0.2, 0.25) is 9.84 Å². The number of H-pyrrole nitrogens is 1. The predicted molar refractivity (Wildman–Crippen MR) is 97.6 cm³/mol. The lowest BCUT2D eigenvalue weighted by molar-refractivity contribution is 0.593. The van der Waals surface area contributed by atoms with Crippen LogP contribution >= 0.6 is 11.3 Å². The van der Waals surface area contributed by atoms with Crippen molar-refractivity contribution in [1.82, 2.24) is 15.0 Å². The van der Waals surface area contributed by atoms with E-state index in [1.165, 1.54) is 29.9 Å². The molecule has 0 saturated carbocycles. The Hall–Kier alpha value is -2.58. The molecule has 1 N–H and O–H groups in total. The lowest BCUT2D eigenvalue weighted by atomic mass is 10.1. The second-order valence-corrected chi connectivity index (χ2v) is 8.80. The van der Waals surface area contributed by atoms with Gasteiger partial charge in [0.1, 0.15) is 10.0 Å². The number of hydrogen-bond acceptors (Lipinski definition) is 5. The highest BCUT2D eigenvalue weighted by molar-refractivity contribution is 7.93. The highest BCUT2D eigenvalue weighted by atomic mass is 32.2. The molecule has 0 radical (unpaired) electrons. The molecule has 26 heavy (non-hydrogen) atoms. The summed E-state index contributed by atoms with van der Waals surface area (Å²) in [6.45, 7) is 1.88. The number of thiazole rings is 1. The number of benzene rings is 1. The SMILES string of the molecule is Cc1[nH]c2ccc(F)cc2c1Cc1ncsc1S(=O)(=O)c1ccccn1. The van der Waals surface area contributed by atoms with Gasteiger partial charge in [-0.3, -0.25) is 0 Å². The van der Waals surface area contributed by atoms with E-state index in [4.69, 9.17) is 0 Å². The smallest absolute Gasteiger partial charge is 0.235 e. The van der Waals surface area contributed by atoms with Crippen molar-refractivity contribution < 1.29 is 12.8 Å². The summed E-state index contributed by atoms with van der Waals surface area (Å²) in [4.78, 5) is 11.4. The van der Waals surface area contributed by atoms with E-state index in [1.54, 1.807) is 18.2 Å². The standard InChI is InChI=1S/C18H14FN3O2S2/c1-11-13(14-8-12(19)5-6-15(14)22-11)9-16-18(25-10-21-16)26(23,24)17-4-2-3-7-20-17/h2-8,10,22H,9H2,1H3. The molecule has 0 aliphatic heterocycles. The number of halogens is 1. The third kappa shape index (κ3) is 2.81. The van der Waals surface area contributed by atoms with Crippen molar-refractivity contribution in [3.8, 4) is 0 Å². The molecule has 3 aromatic heterocycles. The van der Waals surface area contributed by atoms with Gasteiger partial charge in [-0.15, -0.1) is 11.3 Å². The van der Waals surface area contributed by atoms with Crippen LogP contribution < -0.4 is 0 Å². The fraction of sp³-hybridized carbons (Fsp3) is 0.111. The summed E-state index contributed by atoms with van der Waals surface area (Å²) >= 11 is 1.06. The van der Waals surface area contributed by atoms with Gasteiger partial charge in [-0.05, 0) is 42.8 Å². The second-order valence-electron chi connectivity index (χ2n) is 5.85. The first kappa shape index (κ1) is 16.9. The van der Waals surface area contributed by atoms with Crippen molar-refractivity contribution in [2.45, 2.75) is 22.6 Å². The van der Waals surface area contributed by atoms with Crippen LogP contribution in [-0.4, -0.2) is 23.4 Å². The number of aromatic nitrogens is 3. The zero-order valence-corrected chi connectivity index (χ0v) is 15.4. The van der Waals surface area contributed by atoms with E-state index in [9.17, 15) is 12.8 Å². The summed E-state index contributed by atoms with van der Waals surface area (Å²) < 4.78 is 39.6. The Bertz CT molecular complexity index is 1200. The number of sulfone groups is 1. The van der Waals surface area contributed by atoms with Crippen LogP contribution in [0.25, 0.3) is 10.9 Å². The number of aryl methyl sites for hydroxylation is 1. The number of fused-ring (bicyclic) bond motifs is 1. The van der Waals surface area contributed by atoms with Gasteiger partial charge >= 0.3 is 0 Å². The molecule has 0 aliphatic carbocycles. The Morgan fingerprint density at radius 2 is 2.04 bits per heavy atom. The van der Waals surface area contributed by atoms with Crippen LogP contribution in [0.1, 0.15) is 17.0 Å². The Morgan fingerprint density at radius 3 is 2.81 bits per heavy atom. The molecule has 4 rings (SSSR count). The van der Waals surface area contributed by atoms with E-state index in [0.717, 1.165) is 33.5 Å². The number of nitrogens with one attached hydrogen (secondary N) is 1. The molecule has 4 aromatic rings. The van der Waals surface area contributed by atoms with Gasteiger partial charge in [-0.1, -0.05) is 6.07 Å². The lowest BCUT2D eigenvalue weighted by Crippen LogP contribution is -2.06. The Balaban J connectivity index is 1.80. The van der Waals surface area contributed by atoms with E-state index in [0.29, 0.717) is 12.1 Å². The highest BCUT2D eigenvalue weighted by Gasteiger charge is 2.26. The van der Waals surface area contributed by atoms with Crippen molar-refractivity contribution in [3.63, 3.8) is 0 Å². The second kappa shape index (κ2) is 6.30. The van der Waals surface area contributed by atoms with E-state index < -0.39 is 9.84 Å². The van der Waals surface area contributed by atoms with Gasteiger partial charge in [0, 0.05) is 29.2 Å². The normalized spacial score (nSPS) is 11.9. The molecular weight excluding hydrogens is 373 g/mol. The monoisotopic (exact) mass is 387 g/mol. The number of rotatable bonds is 4. The quantitative estimate of drug-likeness (QED) is 0.576. The van der Waals surface area contributed by atoms with Gasteiger partial charge in [0.15, 0.2) is 5.03 Å². The van der Waals surface area contributed by atoms with Crippen molar-refractivity contribution in [2.75, 3.05) is 0 Å². The van der Waals surface area contributed by atoms with Gasteiger partial charge in [-0.25, -0.2) is 22.8 Å². The summed E-state index contributed by atoms with van der Waals surface area (Å²) in [6.07, 6.45) is 1.74. The minimum Gasteiger partial charge on any atom is -0.358 e. The maximum Gasteiger partial charge on any atom is 0.235 e. The first-order valence-electron chi connectivity index (χ1n) is 7.82. The molecule has 0 fully saturated rings. The van der Waals surface area contributed by atoms with E-state index in [-0.39, 0.29) is 15.1 Å². The minimum atomic E-state index is -3.74. The molecule has 0 spiro atoms. The van der Waals surface area contributed by atoms with Crippen LogP contribution in [0.3, 0.4) is 0 Å². The van der Waals surface area contributed by atoms with Crippen LogP contribution in [0.15, 0.2) is 57.3 Å².